The minimum absolute atomic E-state index is 0.196. The molecule has 0 N–H and O–H groups in total. The molecule has 0 aliphatic rings. The highest BCUT2D eigenvalue weighted by atomic mass is 79.9. The number of nitrogens with zero attached hydrogens (tertiary/aromatic N) is 1. The normalized spacial score (nSPS) is 13.0. The molecular weight excluding hydrogens is 341 g/mol. The van der Waals surface area contributed by atoms with E-state index in [4.69, 9.17) is 11.6 Å². The molecule has 15 heavy (non-hydrogen) atoms. The number of alkyl halides is 2. The highest BCUT2D eigenvalue weighted by molar-refractivity contribution is 9.12. The molecule has 0 saturated heterocycles. The van der Waals surface area contributed by atoms with Crippen LogP contribution in [-0.4, -0.2) is 10.3 Å². The quantitative estimate of drug-likeness (QED) is 0.565. The molecule has 0 radical (unpaired) electrons. The van der Waals surface area contributed by atoms with Crippen LogP contribution in [0.25, 0.3) is 10.9 Å². The second-order valence-electron chi connectivity index (χ2n) is 3.18. The van der Waals surface area contributed by atoms with E-state index in [0.29, 0.717) is 5.15 Å². The van der Waals surface area contributed by atoms with Crippen LogP contribution in [-0.2, 0) is 0 Å². The summed E-state index contributed by atoms with van der Waals surface area (Å²) >= 11 is 13.1. The van der Waals surface area contributed by atoms with Gasteiger partial charge in [-0.1, -0.05) is 61.7 Å². The van der Waals surface area contributed by atoms with Crippen LogP contribution >= 0.6 is 43.5 Å². The molecule has 0 fully saturated rings. The lowest BCUT2D eigenvalue weighted by Gasteiger charge is -2.09. The first-order chi connectivity index (χ1) is 7.22. The summed E-state index contributed by atoms with van der Waals surface area (Å²) in [5.41, 5.74) is 1.95. The van der Waals surface area contributed by atoms with Gasteiger partial charge in [0.1, 0.15) is 5.15 Å². The van der Waals surface area contributed by atoms with Gasteiger partial charge in [0.05, 0.1) is 10.3 Å². The van der Waals surface area contributed by atoms with Crippen molar-refractivity contribution in [2.75, 3.05) is 5.33 Å². The topological polar surface area (TPSA) is 12.9 Å². The zero-order chi connectivity index (χ0) is 10.8. The summed E-state index contributed by atoms with van der Waals surface area (Å²) in [7, 11) is 0. The molecule has 0 saturated carbocycles. The van der Waals surface area contributed by atoms with Gasteiger partial charge in [0.15, 0.2) is 0 Å². The van der Waals surface area contributed by atoms with Crippen LogP contribution in [0, 0.1) is 0 Å². The summed E-state index contributed by atoms with van der Waals surface area (Å²) in [6.45, 7) is 0. The van der Waals surface area contributed by atoms with Crippen molar-refractivity contribution in [3.8, 4) is 0 Å². The van der Waals surface area contributed by atoms with Crippen LogP contribution < -0.4 is 0 Å². The fourth-order valence-electron chi connectivity index (χ4n) is 1.41. The maximum Gasteiger partial charge on any atom is 0.134 e. The van der Waals surface area contributed by atoms with Gasteiger partial charge < -0.3 is 0 Å². The second-order valence-corrected chi connectivity index (χ2v) is 5.29. The van der Waals surface area contributed by atoms with E-state index in [2.05, 4.69) is 42.9 Å². The van der Waals surface area contributed by atoms with Gasteiger partial charge in [-0.2, -0.15) is 0 Å². The summed E-state index contributed by atoms with van der Waals surface area (Å²) in [5.74, 6) is 0. The van der Waals surface area contributed by atoms with Crippen LogP contribution in [0.5, 0.6) is 0 Å². The zero-order valence-electron chi connectivity index (χ0n) is 7.75. The first-order valence-electron chi connectivity index (χ1n) is 4.47. The zero-order valence-corrected chi connectivity index (χ0v) is 11.7. The largest absolute Gasteiger partial charge is 0.236 e. The second kappa shape index (κ2) is 4.81. The van der Waals surface area contributed by atoms with E-state index in [1.54, 1.807) is 0 Å². The summed E-state index contributed by atoms with van der Waals surface area (Å²) in [5, 5.41) is 2.49. The third kappa shape index (κ3) is 2.35. The van der Waals surface area contributed by atoms with Crippen molar-refractivity contribution in [2.24, 2.45) is 0 Å². The SMILES string of the molecule is Clc1nc2ccccc2cc1C(Br)CBr. The predicted octanol–water partition coefficient (Wildman–Crippen LogP) is 4.72. The summed E-state index contributed by atoms with van der Waals surface area (Å²) < 4.78 is 0. The Labute approximate surface area is 110 Å². The molecule has 1 aromatic carbocycles. The lowest BCUT2D eigenvalue weighted by Crippen LogP contribution is -1.94. The minimum atomic E-state index is 0.196. The van der Waals surface area contributed by atoms with Crippen molar-refractivity contribution in [1.29, 1.82) is 0 Å². The van der Waals surface area contributed by atoms with Crippen molar-refractivity contribution < 1.29 is 0 Å². The lowest BCUT2D eigenvalue weighted by molar-refractivity contribution is 1.13. The fraction of sp³-hybridized carbons (Fsp3) is 0.182. The van der Waals surface area contributed by atoms with Crippen LogP contribution in [0.15, 0.2) is 30.3 Å². The first kappa shape index (κ1) is 11.4. The molecule has 1 unspecified atom stereocenters. The molecule has 0 aliphatic heterocycles. The number of rotatable bonds is 2. The Morgan fingerprint density at radius 2 is 2.07 bits per heavy atom. The van der Waals surface area contributed by atoms with Gasteiger partial charge >= 0.3 is 0 Å². The van der Waals surface area contributed by atoms with E-state index in [-0.39, 0.29) is 4.83 Å². The molecular formula is C11H8Br2ClN. The van der Waals surface area contributed by atoms with E-state index in [0.717, 1.165) is 21.8 Å². The Hall–Kier alpha value is -0.120. The van der Waals surface area contributed by atoms with E-state index < -0.39 is 0 Å². The Balaban J connectivity index is 2.61. The van der Waals surface area contributed by atoms with E-state index >= 15 is 0 Å². The molecule has 1 aromatic heterocycles. The monoisotopic (exact) mass is 347 g/mol. The number of halogens is 3. The molecule has 4 heteroatoms. The van der Waals surface area contributed by atoms with Crippen molar-refractivity contribution >= 4 is 54.4 Å². The van der Waals surface area contributed by atoms with Gasteiger partial charge in [-0.05, 0) is 12.1 Å². The Bertz CT molecular complexity index is 487. The van der Waals surface area contributed by atoms with Gasteiger partial charge in [0.2, 0.25) is 0 Å². The van der Waals surface area contributed by atoms with Crippen molar-refractivity contribution in [1.82, 2.24) is 4.98 Å². The highest BCUT2D eigenvalue weighted by Crippen LogP contribution is 2.31. The molecule has 2 rings (SSSR count). The fourth-order valence-corrected chi connectivity index (χ4v) is 2.52. The van der Waals surface area contributed by atoms with Crippen molar-refractivity contribution in [3.63, 3.8) is 0 Å². The average Bonchev–Trinajstić information content (AvgIpc) is 2.27. The number of benzene rings is 1. The summed E-state index contributed by atoms with van der Waals surface area (Å²) in [4.78, 5) is 4.56. The van der Waals surface area contributed by atoms with E-state index in [9.17, 15) is 0 Å². The molecule has 1 heterocycles. The molecule has 1 atom stereocenters. The Morgan fingerprint density at radius 1 is 1.33 bits per heavy atom. The number of aromatic nitrogens is 1. The van der Waals surface area contributed by atoms with Crippen LogP contribution in [0.4, 0.5) is 0 Å². The smallest absolute Gasteiger partial charge is 0.134 e. The molecule has 0 aliphatic carbocycles. The highest BCUT2D eigenvalue weighted by Gasteiger charge is 2.12. The third-order valence-electron chi connectivity index (χ3n) is 2.18. The molecule has 0 spiro atoms. The minimum Gasteiger partial charge on any atom is -0.236 e. The van der Waals surface area contributed by atoms with Crippen molar-refractivity contribution in [2.45, 2.75) is 4.83 Å². The maximum atomic E-state index is 6.11. The van der Waals surface area contributed by atoms with Gasteiger partial charge in [0, 0.05) is 16.3 Å². The lowest BCUT2D eigenvalue weighted by atomic mass is 10.1. The summed E-state index contributed by atoms with van der Waals surface area (Å²) in [6.07, 6.45) is 0. The molecule has 0 bridgehead atoms. The average molecular weight is 349 g/mol. The van der Waals surface area contributed by atoms with Crippen LogP contribution in [0.3, 0.4) is 0 Å². The van der Waals surface area contributed by atoms with Crippen LogP contribution in [0.2, 0.25) is 5.15 Å². The van der Waals surface area contributed by atoms with Crippen molar-refractivity contribution in [3.05, 3.63) is 41.0 Å². The molecule has 2 aromatic rings. The number of hydrogen-bond acceptors (Lipinski definition) is 1. The molecule has 1 nitrogen and oxygen atoms in total. The Morgan fingerprint density at radius 3 is 2.80 bits per heavy atom. The van der Waals surface area contributed by atoms with E-state index in [1.807, 2.05) is 24.3 Å². The van der Waals surface area contributed by atoms with Gasteiger partial charge in [-0.15, -0.1) is 0 Å². The number of pyridine rings is 1. The standard InChI is InChI=1S/C11H8Br2ClN/c12-6-9(13)8-5-7-3-1-2-4-10(7)15-11(8)14/h1-5,9H,6H2. The number of fused-ring (bicyclic) bond motifs is 1. The van der Waals surface area contributed by atoms with Crippen LogP contribution in [0.1, 0.15) is 10.4 Å². The van der Waals surface area contributed by atoms with Gasteiger partial charge in [-0.25, -0.2) is 4.98 Å². The molecule has 0 amide bonds. The van der Waals surface area contributed by atoms with E-state index in [1.165, 1.54) is 0 Å². The first-order valence-corrected chi connectivity index (χ1v) is 6.89. The molecule has 78 valence electrons. The predicted molar refractivity (Wildman–Crippen MR) is 72.2 cm³/mol. The Kier molecular flexibility index (Phi) is 3.65. The van der Waals surface area contributed by atoms with Gasteiger partial charge in [-0.3, -0.25) is 0 Å². The summed E-state index contributed by atoms with van der Waals surface area (Å²) in [6, 6.07) is 10.0. The number of hydrogen-bond donors (Lipinski definition) is 0. The van der Waals surface area contributed by atoms with Gasteiger partial charge in [0.25, 0.3) is 0 Å². The number of para-hydroxylation sites is 1. The third-order valence-corrected chi connectivity index (χ3v) is 4.81. The maximum absolute atomic E-state index is 6.11.